The quantitative estimate of drug-likeness (QED) is 0.855. The van der Waals surface area contributed by atoms with Crippen LogP contribution in [-0.2, 0) is 10.0 Å². The van der Waals surface area contributed by atoms with Gasteiger partial charge in [0.05, 0.1) is 5.56 Å². The van der Waals surface area contributed by atoms with E-state index in [-0.39, 0.29) is 18.7 Å². The molecule has 1 fully saturated rings. The monoisotopic (exact) mass is 335 g/mol. The molecule has 0 aromatic heterocycles. The highest BCUT2D eigenvalue weighted by Gasteiger charge is 2.47. The summed E-state index contributed by atoms with van der Waals surface area (Å²) in [4.78, 5) is 10.4. The van der Waals surface area contributed by atoms with E-state index in [1.54, 1.807) is 6.92 Å². The molecule has 0 unspecified atom stereocenters. The Morgan fingerprint density at radius 1 is 1.41 bits per heavy atom. The molecule has 122 valence electrons. The summed E-state index contributed by atoms with van der Waals surface area (Å²) in [6.07, 6.45) is -2.95. The number of carboxylic acids is 1. The van der Waals surface area contributed by atoms with E-state index in [1.807, 2.05) is 0 Å². The average molecular weight is 335 g/mol. The number of halogens is 2. The molecule has 22 heavy (non-hydrogen) atoms. The van der Waals surface area contributed by atoms with Crippen LogP contribution in [0.2, 0.25) is 0 Å². The molecule has 2 N–H and O–H groups in total. The van der Waals surface area contributed by atoms with Crippen molar-refractivity contribution in [3.8, 4) is 5.75 Å². The number of carbonyl (C=O) groups is 1. The van der Waals surface area contributed by atoms with E-state index >= 15 is 0 Å². The fourth-order valence-electron chi connectivity index (χ4n) is 2.47. The lowest BCUT2D eigenvalue weighted by molar-refractivity contribution is 0.00970. The minimum Gasteiger partial charge on any atom is -0.507 e. The number of rotatable bonds is 5. The molecule has 0 spiro atoms. The van der Waals surface area contributed by atoms with E-state index in [2.05, 4.69) is 0 Å². The van der Waals surface area contributed by atoms with Crippen LogP contribution < -0.4 is 0 Å². The number of aromatic hydroxyl groups is 1. The van der Waals surface area contributed by atoms with Gasteiger partial charge < -0.3 is 10.2 Å². The third kappa shape index (κ3) is 3.05. The number of hydrogen-bond donors (Lipinski definition) is 2. The van der Waals surface area contributed by atoms with Gasteiger partial charge in [0.25, 0.3) is 0 Å². The number of nitrogens with zero attached hydrogens (tertiary/aromatic N) is 1. The van der Waals surface area contributed by atoms with E-state index in [4.69, 9.17) is 5.11 Å². The lowest BCUT2D eigenvalue weighted by atomic mass is 9.81. The number of aromatic carboxylic acids is 1. The first-order valence-corrected chi connectivity index (χ1v) is 7.84. The number of phenols is 1. The smallest absolute Gasteiger partial charge is 0.335 e. The van der Waals surface area contributed by atoms with Crippen LogP contribution in [0.15, 0.2) is 23.1 Å². The molecule has 0 atom stereocenters. The Kier molecular flexibility index (Phi) is 4.14. The zero-order chi connectivity index (χ0) is 16.7. The maximum Gasteiger partial charge on any atom is 0.335 e. The minimum atomic E-state index is -4.12. The standard InChI is InChI=1S/C13H15F2NO5S/c1-13(5-11(14)15)6-16(7-13)22(20,21)10-4-8(12(18)19)2-3-9(10)17/h2-4,11,17H,5-7H2,1H3,(H,18,19). The molecule has 1 aliphatic heterocycles. The van der Waals surface area contributed by atoms with Crippen LogP contribution in [0, 0.1) is 5.41 Å². The summed E-state index contributed by atoms with van der Waals surface area (Å²) in [5, 5.41) is 18.6. The molecule has 1 saturated heterocycles. The van der Waals surface area contributed by atoms with Crippen molar-refractivity contribution < 1.29 is 32.2 Å². The Labute approximate surface area is 126 Å². The maximum absolute atomic E-state index is 12.4. The van der Waals surface area contributed by atoms with Crippen molar-refractivity contribution in [2.24, 2.45) is 5.41 Å². The van der Waals surface area contributed by atoms with E-state index in [1.165, 1.54) is 0 Å². The normalized spacial score (nSPS) is 18.2. The van der Waals surface area contributed by atoms with E-state index in [0.717, 1.165) is 22.5 Å². The molecule has 9 heteroatoms. The number of hydrogen-bond acceptors (Lipinski definition) is 4. The first kappa shape index (κ1) is 16.6. The molecule has 2 rings (SSSR count). The molecule has 0 bridgehead atoms. The zero-order valence-electron chi connectivity index (χ0n) is 11.7. The second-order valence-corrected chi connectivity index (χ2v) is 7.57. The van der Waals surface area contributed by atoms with Gasteiger partial charge in [0, 0.05) is 24.9 Å². The number of phenolic OH excluding ortho intramolecular Hbond substituents is 1. The molecule has 6 nitrogen and oxygen atoms in total. The largest absolute Gasteiger partial charge is 0.507 e. The van der Waals surface area contributed by atoms with Crippen molar-refractivity contribution in [1.82, 2.24) is 4.31 Å². The average Bonchev–Trinajstić information content (AvgIpc) is 2.34. The van der Waals surface area contributed by atoms with Crippen LogP contribution in [-0.4, -0.2) is 48.4 Å². The van der Waals surface area contributed by atoms with Gasteiger partial charge in [-0.3, -0.25) is 0 Å². The summed E-state index contributed by atoms with van der Waals surface area (Å²) in [5.41, 5.74) is -1.10. The molecular formula is C13H15F2NO5S. The first-order valence-electron chi connectivity index (χ1n) is 6.40. The highest BCUT2D eigenvalue weighted by molar-refractivity contribution is 7.89. The molecule has 0 saturated carbocycles. The van der Waals surface area contributed by atoms with Gasteiger partial charge in [-0.05, 0) is 18.2 Å². The maximum atomic E-state index is 12.4. The molecule has 0 aliphatic carbocycles. The van der Waals surface area contributed by atoms with Crippen LogP contribution in [0.3, 0.4) is 0 Å². The van der Waals surface area contributed by atoms with Crippen LogP contribution in [0.25, 0.3) is 0 Å². The highest BCUT2D eigenvalue weighted by Crippen LogP contribution is 2.40. The number of sulfonamides is 1. The molecule has 1 aromatic rings. The van der Waals surface area contributed by atoms with Gasteiger partial charge in [-0.15, -0.1) is 0 Å². The number of alkyl halides is 2. The molecule has 1 aromatic carbocycles. The predicted molar refractivity (Wildman–Crippen MR) is 72.6 cm³/mol. The second kappa shape index (κ2) is 5.47. The summed E-state index contributed by atoms with van der Waals surface area (Å²) < 4.78 is 50.6. The third-order valence-corrected chi connectivity index (χ3v) is 5.41. The summed E-state index contributed by atoms with van der Waals surface area (Å²) in [6.45, 7) is 1.35. The van der Waals surface area contributed by atoms with Crippen molar-refractivity contribution in [1.29, 1.82) is 0 Å². The molecular weight excluding hydrogens is 320 g/mol. The molecule has 0 amide bonds. The van der Waals surface area contributed by atoms with Crippen molar-refractivity contribution in [2.75, 3.05) is 13.1 Å². The Morgan fingerprint density at radius 3 is 2.50 bits per heavy atom. The minimum absolute atomic E-state index is 0.101. The lowest BCUT2D eigenvalue weighted by Gasteiger charge is -2.46. The van der Waals surface area contributed by atoms with Gasteiger partial charge in [-0.25, -0.2) is 22.0 Å². The SMILES string of the molecule is CC1(CC(F)F)CN(S(=O)(=O)c2cc(C(=O)O)ccc2O)C1. The van der Waals surface area contributed by atoms with Gasteiger partial charge in [-0.1, -0.05) is 6.92 Å². The fourth-order valence-corrected chi connectivity index (χ4v) is 4.32. The van der Waals surface area contributed by atoms with Gasteiger partial charge in [0.15, 0.2) is 0 Å². The topological polar surface area (TPSA) is 94.9 Å². The Balaban J connectivity index is 2.26. The first-order chi connectivity index (χ1) is 10.0. The number of carboxylic acid groups (broad SMARTS) is 1. The van der Waals surface area contributed by atoms with Crippen LogP contribution in [0.1, 0.15) is 23.7 Å². The molecule has 1 aliphatic rings. The highest BCUT2D eigenvalue weighted by atomic mass is 32.2. The number of benzene rings is 1. The van der Waals surface area contributed by atoms with Crippen molar-refractivity contribution in [3.05, 3.63) is 23.8 Å². The van der Waals surface area contributed by atoms with Gasteiger partial charge in [0.1, 0.15) is 10.6 Å². The summed E-state index contributed by atoms with van der Waals surface area (Å²) in [5.74, 6) is -1.91. The molecule has 1 heterocycles. The van der Waals surface area contributed by atoms with Gasteiger partial charge in [0.2, 0.25) is 16.4 Å². The fraction of sp³-hybridized carbons (Fsp3) is 0.462. The summed E-state index contributed by atoms with van der Waals surface area (Å²) >= 11 is 0. The Morgan fingerprint density at radius 2 is 2.00 bits per heavy atom. The second-order valence-electron chi connectivity index (χ2n) is 5.67. The molecule has 0 radical (unpaired) electrons. The van der Waals surface area contributed by atoms with Crippen molar-refractivity contribution in [2.45, 2.75) is 24.7 Å². The van der Waals surface area contributed by atoms with Gasteiger partial charge in [-0.2, -0.15) is 4.31 Å². The van der Waals surface area contributed by atoms with E-state index < -0.39 is 44.9 Å². The van der Waals surface area contributed by atoms with E-state index in [0.29, 0.717) is 0 Å². The third-order valence-electron chi connectivity index (χ3n) is 3.59. The van der Waals surface area contributed by atoms with Crippen LogP contribution in [0.5, 0.6) is 5.75 Å². The Hall–Kier alpha value is -1.74. The Bertz CT molecular complexity index is 698. The predicted octanol–water partition coefficient (Wildman–Crippen LogP) is 1.76. The van der Waals surface area contributed by atoms with Gasteiger partial charge >= 0.3 is 5.97 Å². The van der Waals surface area contributed by atoms with Crippen molar-refractivity contribution >= 4 is 16.0 Å². The summed E-state index contributed by atoms with van der Waals surface area (Å²) in [6, 6.07) is 2.91. The van der Waals surface area contributed by atoms with Crippen LogP contribution >= 0.6 is 0 Å². The van der Waals surface area contributed by atoms with E-state index in [9.17, 15) is 27.1 Å². The van der Waals surface area contributed by atoms with Crippen LogP contribution in [0.4, 0.5) is 8.78 Å². The lowest BCUT2D eigenvalue weighted by Crippen LogP contribution is -2.57. The van der Waals surface area contributed by atoms with Crippen molar-refractivity contribution in [3.63, 3.8) is 0 Å². The summed E-state index contributed by atoms with van der Waals surface area (Å²) in [7, 11) is -4.12. The zero-order valence-corrected chi connectivity index (χ0v) is 12.5.